The Kier molecular flexibility index (Phi) is 9.52. The molecule has 2 rings (SSSR count). The third kappa shape index (κ3) is 8.57. The highest BCUT2D eigenvalue weighted by atomic mass is 32.1. The van der Waals surface area contributed by atoms with Crippen molar-refractivity contribution in [1.29, 1.82) is 0 Å². The number of thiocarbonyl (C=S) groups is 1. The first-order chi connectivity index (χ1) is 14.0. The number of hydrogen-bond donors (Lipinski definition) is 3. The van der Waals surface area contributed by atoms with Gasteiger partial charge in [0.1, 0.15) is 0 Å². The van der Waals surface area contributed by atoms with Crippen molar-refractivity contribution in [2.24, 2.45) is 0 Å². The average molecular weight is 422 g/mol. The van der Waals surface area contributed by atoms with E-state index in [0.717, 1.165) is 25.9 Å². The number of esters is 1. The number of carbonyl (C=O) groups is 3. The fraction of sp³-hybridized carbons (Fsp3) is 0.500. The monoisotopic (exact) mass is 421 g/mol. The van der Waals surface area contributed by atoms with Crippen LogP contribution in [0.2, 0.25) is 0 Å². The molecule has 1 heterocycles. The topological polar surface area (TPSA) is 106 Å². The number of ether oxygens (including phenoxy) is 2. The van der Waals surface area contributed by atoms with Gasteiger partial charge in [0.05, 0.1) is 19.1 Å². The fourth-order valence-electron chi connectivity index (χ4n) is 2.71. The van der Waals surface area contributed by atoms with Crippen molar-refractivity contribution in [1.82, 2.24) is 10.6 Å². The molecule has 0 aliphatic carbocycles. The van der Waals surface area contributed by atoms with Crippen LogP contribution in [0.1, 0.15) is 49.4 Å². The van der Waals surface area contributed by atoms with Crippen LogP contribution in [0.5, 0.6) is 0 Å². The summed E-state index contributed by atoms with van der Waals surface area (Å²) in [5.74, 6) is -1.01. The van der Waals surface area contributed by atoms with Gasteiger partial charge in [-0.05, 0) is 49.7 Å². The van der Waals surface area contributed by atoms with E-state index in [1.807, 2.05) is 6.92 Å². The number of nitrogens with one attached hydrogen (secondary N) is 3. The Labute approximate surface area is 175 Å². The molecule has 0 saturated carbocycles. The number of rotatable bonds is 9. The summed E-state index contributed by atoms with van der Waals surface area (Å²) >= 11 is 5.12. The summed E-state index contributed by atoms with van der Waals surface area (Å²) in [6.45, 7) is 3.46. The van der Waals surface area contributed by atoms with Gasteiger partial charge in [-0.25, -0.2) is 0 Å². The van der Waals surface area contributed by atoms with Gasteiger partial charge >= 0.3 is 5.97 Å². The Morgan fingerprint density at radius 1 is 1.28 bits per heavy atom. The maximum absolute atomic E-state index is 12.3. The summed E-state index contributed by atoms with van der Waals surface area (Å²) < 4.78 is 10.4. The summed E-state index contributed by atoms with van der Waals surface area (Å²) in [4.78, 5) is 35.6. The van der Waals surface area contributed by atoms with E-state index in [0.29, 0.717) is 24.4 Å². The minimum absolute atomic E-state index is 0.00515. The summed E-state index contributed by atoms with van der Waals surface area (Å²) in [5.41, 5.74) is 1.04. The molecular formula is C20H27N3O5S. The van der Waals surface area contributed by atoms with Crippen LogP contribution in [-0.2, 0) is 19.1 Å². The van der Waals surface area contributed by atoms with E-state index in [9.17, 15) is 14.4 Å². The van der Waals surface area contributed by atoms with E-state index in [2.05, 4.69) is 16.0 Å². The lowest BCUT2D eigenvalue weighted by Gasteiger charge is -2.12. The molecule has 1 aromatic rings. The molecule has 2 amide bonds. The molecular weight excluding hydrogens is 394 g/mol. The predicted octanol–water partition coefficient (Wildman–Crippen LogP) is 2.14. The Balaban J connectivity index is 1.76. The highest BCUT2D eigenvalue weighted by molar-refractivity contribution is 7.80. The van der Waals surface area contributed by atoms with Crippen LogP contribution < -0.4 is 16.0 Å². The van der Waals surface area contributed by atoms with Crippen LogP contribution in [0.15, 0.2) is 24.3 Å². The van der Waals surface area contributed by atoms with Crippen LogP contribution in [0.3, 0.4) is 0 Å². The molecule has 29 heavy (non-hydrogen) atoms. The molecule has 0 radical (unpaired) electrons. The number of hydrogen-bond acceptors (Lipinski definition) is 6. The van der Waals surface area contributed by atoms with E-state index in [4.69, 9.17) is 21.7 Å². The fourth-order valence-corrected chi connectivity index (χ4v) is 2.94. The molecule has 1 aromatic carbocycles. The first kappa shape index (κ1) is 22.8. The Bertz CT molecular complexity index is 735. The summed E-state index contributed by atoms with van der Waals surface area (Å²) in [6.07, 6.45) is 2.75. The molecule has 158 valence electrons. The smallest absolute Gasteiger partial charge is 0.306 e. The predicted molar refractivity (Wildman–Crippen MR) is 113 cm³/mol. The van der Waals surface area contributed by atoms with E-state index < -0.39 is 5.97 Å². The highest BCUT2D eigenvalue weighted by Crippen LogP contribution is 2.13. The van der Waals surface area contributed by atoms with Gasteiger partial charge < -0.3 is 25.4 Å². The largest absolute Gasteiger partial charge is 0.466 e. The molecule has 1 atom stereocenters. The quantitative estimate of drug-likeness (QED) is 0.414. The highest BCUT2D eigenvalue weighted by Gasteiger charge is 2.17. The van der Waals surface area contributed by atoms with Crippen LogP contribution in [0.25, 0.3) is 0 Å². The van der Waals surface area contributed by atoms with Gasteiger partial charge in [-0.2, -0.15) is 0 Å². The zero-order valence-corrected chi connectivity index (χ0v) is 17.3. The second-order valence-electron chi connectivity index (χ2n) is 6.65. The van der Waals surface area contributed by atoms with E-state index >= 15 is 0 Å². The molecule has 1 fully saturated rings. The summed E-state index contributed by atoms with van der Waals surface area (Å²) in [6, 6.07) is 6.79. The summed E-state index contributed by atoms with van der Waals surface area (Å²) in [5, 5.41) is 8.32. The number of benzene rings is 1. The zero-order chi connectivity index (χ0) is 21.1. The second kappa shape index (κ2) is 12.1. The first-order valence-corrected chi connectivity index (χ1v) is 10.1. The van der Waals surface area contributed by atoms with Crippen molar-refractivity contribution in [3.05, 3.63) is 29.8 Å². The first-order valence-electron chi connectivity index (χ1n) is 9.74. The van der Waals surface area contributed by atoms with Gasteiger partial charge in [-0.1, -0.05) is 13.0 Å². The third-order valence-electron chi connectivity index (χ3n) is 4.17. The zero-order valence-electron chi connectivity index (χ0n) is 16.5. The lowest BCUT2D eigenvalue weighted by atomic mass is 10.1. The van der Waals surface area contributed by atoms with Crippen molar-refractivity contribution in [3.63, 3.8) is 0 Å². The van der Waals surface area contributed by atoms with Crippen molar-refractivity contribution < 1.29 is 23.9 Å². The second-order valence-corrected chi connectivity index (χ2v) is 7.06. The van der Waals surface area contributed by atoms with E-state index in [1.165, 1.54) is 0 Å². The summed E-state index contributed by atoms with van der Waals surface area (Å²) in [7, 11) is 0. The van der Waals surface area contributed by atoms with Gasteiger partial charge in [0.25, 0.3) is 5.91 Å². The molecule has 3 N–H and O–H groups in total. The molecule has 1 aliphatic rings. The van der Waals surface area contributed by atoms with Gasteiger partial charge in [-0.3, -0.25) is 14.4 Å². The molecule has 1 aliphatic heterocycles. The number of carbonyl (C=O) groups excluding carboxylic acids is 3. The Morgan fingerprint density at radius 2 is 2.10 bits per heavy atom. The normalized spacial score (nSPS) is 15.4. The standard InChI is InChI=1S/C20H27N3O5S/c1-2-10-28-18(25)9-8-17(24)23-20(29)22-15-6-3-5-14(12-15)19(26)21-13-16-7-4-11-27-16/h3,5-6,12,16H,2,4,7-11,13H2,1H3,(H,21,26)(H2,22,23,24,29). The molecule has 1 unspecified atom stereocenters. The Morgan fingerprint density at radius 3 is 2.83 bits per heavy atom. The van der Waals surface area contributed by atoms with Crippen LogP contribution >= 0.6 is 12.2 Å². The minimum atomic E-state index is -0.414. The van der Waals surface area contributed by atoms with Gasteiger partial charge in [0.15, 0.2) is 5.11 Å². The molecule has 9 heteroatoms. The molecule has 0 spiro atoms. The lowest BCUT2D eigenvalue weighted by molar-refractivity contribution is -0.144. The van der Waals surface area contributed by atoms with Crippen molar-refractivity contribution in [2.45, 2.75) is 45.1 Å². The molecule has 0 bridgehead atoms. The number of anilines is 1. The van der Waals surface area contributed by atoms with E-state index in [-0.39, 0.29) is 35.9 Å². The lowest BCUT2D eigenvalue weighted by Crippen LogP contribution is -2.34. The maximum atomic E-state index is 12.3. The van der Waals surface area contributed by atoms with Crippen molar-refractivity contribution in [3.8, 4) is 0 Å². The molecule has 8 nitrogen and oxygen atoms in total. The Hall–Kier alpha value is -2.52. The SMILES string of the molecule is CCCOC(=O)CCC(=O)NC(=S)Nc1cccc(C(=O)NCC2CCCO2)c1. The van der Waals surface area contributed by atoms with Gasteiger partial charge in [0, 0.05) is 30.8 Å². The maximum Gasteiger partial charge on any atom is 0.306 e. The number of amides is 2. The average Bonchev–Trinajstić information content (AvgIpc) is 3.22. The van der Waals surface area contributed by atoms with E-state index in [1.54, 1.807) is 24.3 Å². The van der Waals surface area contributed by atoms with Crippen LogP contribution in [0.4, 0.5) is 5.69 Å². The van der Waals surface area contributed by atoms with Crippen LogP contribution in [0, 0.1) is 0 Å². The van der Waals surface area contributed by atoms with Crippen LogP contribution in [-0.4, -0.2) is 48.8 Å². The third-order valence-corrected chi connectivity index (χ3v) is 4.38. The molecule has 1 saturated heterocycles. The van der Waals surface area contributed by atoms with Crippen molar-refractivity contribution in [2.75, 3.05) is 25.1 Å². The van der Waals surface area contributed by atoms with Gasteiger partial charge in [-0.15, -0.1) is 0 Å². The van der Waals surface area contributed by atoms with Gasteiger partial charge in [0.2, 0.25) is 5.91 Å². The molecule has 0 aromatic heterocycles. The van der Waals surface area contributed by atoms with Crippen molar-refractivity contribution >= 4 is 40.8 Å². The minimum Gasteiger partial charge on any atom is -0.466 e.